The van der Waals surface area contributed by atoms with Crippen molar-refractivity contribution in [2.45, 2.75) is 30.7 Å². The molecule has 5 nitrogen and oxygen atoms in total. The van der Waals surface area contributed by atoms with Gasteiger partial charge in [-0.05, 0) is 55.4 Å². The van der Waals surface area contributed by atoms with Crippen molar-refractivity contribution >= 4 is 27.2 Å². The summed E-state index contributed by atoms with van der Waals surface area (Å²) in [5, 5.41) is 2.09. The van der Waals surface area contributed by atoms with Crippen LogP contribution >= 0.6 is 11.3 Å². The fraction of sp³-hybridized carbons (Fsp3) is 0.421. The quantitative estimate of drug-likeness (QED) is 0.873. The highest BCUT2D eigenvalue weighted by Gasteiger charge is 2.31. The number of nitrogens with zero attached hydrogens (tertiary/aromatic N) is 2. The van der Waals surface area contributed by atoms with E-state index >= 15 is 0 Å². The molecule has 2 aliphatic heterocycles. The number of rotatable bonds is 4. The molecule has 0 aliphatic carbocycles. The Labute approximate surface area is 158 Å². The Morgan fingerprint density at radius 3 is 2.73 bits per heavy atom. The number of piperidine rings is 1. The van der Waals surface area contributed by atoms with Crippen LogP contribution in [0.4, 0.5) is 0 Å². The van der Waals surface area contributed by atoms with E-state index in [4.69, 9.17) is 4.99 Å². The topological polar surface area (TPSA) is 61.8 Å². The van der Waals surface area contributed by atoms with Crippen LogP contribution < -0.4 is 4.72 Å². The van der Waals surface area contributed by atoms with Crippen LogP contribution in [0.3, 0.4) is 0 Å². The molecule has 1 atom stereocenters. The first-order chi connectivity index (χ1) is 12.5. The molecule has 1 aromatic carbocycles. The summed E-state index contributed by atoms with van der Waals surface area (Å²) in [6.07, 6.45) is 2.40. The van der Waals surface area contributed by atoms with Crippen molar-refractivity contribution in [3.05, 3.63) is 52.2 Å². The van der Waals surface area contributed by atoms with E-state index in [1.165, 1.54) is 17.7 Å². The molecule has 0 bridgehead atoms. The predicted octanol–water partition coefficient (Wildman–Crippen LogP) is 3.26. The van der Waals surface area contributed by atoms with Crippen molar-refractivity contribution in [3.63, 3.8) is 0 Å². The molecule has 26 heavy (non-hydrogen) atoms. The average Bonchev–Trinajstić information content (AvgIpc) is 3.24. The smallest absolute Gasteiger partial charge is 0.263 e. The van der Waals surface area contributed by atoms with Crippen molar-refractivity contribution < 1.29 is 8.42 Å². The second-order valence-corrected chi connectivity index (χ2v) is 9.67. The lowest BCUT2D eigenvalue weighted by atomic mass is 9.97. The van der Waals surface area contributed by atoms with Gasteiger partial charge in [0, 0.05) is 10.4 Å². The summed E-state index contributed by atoms with van der Waals surface area (Å²) in [5.41, 5.74) is 0.671. The molecule has 138 valence electrons. The van der Waals surface area contributed by atoms with E-state index in [0.29, 0.717) is 22.8 Å². The van der Waals surface area contributed by atoms with Crippen LogP contribution in [-0.4, -0.2) is 38.8 Å². The number of sulfonamides is 1. The summed E-state index contributed by atoms with van der Waals surface area (Å²) in [6.45, 7) is 5.00. The van der Waals surface area contributed by atoms with Gasteiger partial charge in [0.05, 0.1) is 17.5 Å². The van der Waals surface area contributed by atoms with Gasteiger partial charge in [-0.3, -0.25) is 14.6 Å². The van der Waals surface area contributed by atoms with Gasteiger partial charge >= 0.3 is 0 Å². The third-order valence-electron chi connectivity index (χ3n) is 5.22. The molecule has 2 aromatic rings. The molecule has 0 spiro atoms. The number of hydrogen-bond acceptors (Lipinski definition) is 5. The van der Waals surface area contributed by atoms with Crippen LogP contribution in [0.2, 0.25) is 0 Å². The average molecular weight is 390 g/mol. The highest BCUT2D eigenvalue weighted by Crippen LogP contribution is 2.30. The van der Waals surface area contributed by atoms with Crippen molar-refractivity contribution in [1.29, 1.82) is 0 Å². The second-order valence-electron chi connectivity index (χ2n) is 7.04. The number of fused-ring (bicyclic) bond motifs is 1. The number of aliphatic imine (C=N–C) groups is 1. The fourth-order valence-corrected chi connectivity index (χ4v) is 5.74. The Hall–Kier alpha value is -1.70. The summed E-state index contributed by atoms with van der Waals surface area (Å²) in [4.78, 5) is 8.80. The molecular formula is C19H23N3O2S2. The SMILES string of the molecule is CC1CCN([C@@H](CN=C2NS(=O)(=O)c3ccccc32)c2cccs2)CC1. The molecule has 1 saturated heterocycles. The van der Waals surface area contributed by atoms with Gasteiger partial charge < -0.3 is 0 Å². The van der Waals surface area contributed by atoms with Crippen LogP contribution in [0.5, 0.6) is 0 Å². The van der Waals surface area contributed by atoms with Crippen molar-refractivity contribution in [2.75, 3.05) is 19.6 Å². The van der Waals surface area contributed by atoms with Gasteiger partial charge in [-0.2, -0.15) is 0 Å². The third kappa shape index (κ3) is 3.43. The lowest BCUT2D eigenvalue weighted by molar-refractivity contribution is 0.143. The molecule has 0 saturated carbocycles. The van der Waals surface area contributed by atoms with Crippen LogP contribution in [-0.2, 0) is 10.0 Å². The van der Waals surface area contributed by atoms with Crippen molar-refractivity contribution in [2.24, 2.45) is 10.9 Å². The van der Waals surface area contributed by atoms with Crippen LogP contribution in [0.15, 0.2) is 51.7 Å². The van der Waals surface area contributed by atoms with Crippen molar-refractivity contribution in [3.8, 4) is 0 Å². The van der Waals surface area contributed by atoms with Crippen LogP contribution in [0, 0.1) is 5.92 Å². The highest BCUT2D eigenvalue weighted by molar-refractivity contribution is 7.90. The molecular weight excluding hydrogens is 366 g/mol. The number of nitrogens with one attached hydrogen (secondary N) is 1. The normalized spacial score (nSPS) is 22.9. The Morgan fingerprint density at radius 1 is 1.23 bits per heavy atom. The first kappa shape index (κ1) is 17.7. The molecule has 1 fully saturated rings. The molecule has 2 aliphatic rings. The molecule has 0 radical (unpaired) electrons. The van der Waals surface area contributed by atoms with E-state index in [-0.39, 0.29) is 6.04 Å². The van der Waals surface area contributed by atoms with Gasteiger partial charge in [0.2, 0.25) is 0 Å². The second kappa shape index (κ2) is 7.13. The summed E-state index contributed by atoms with van der Waals surface area (Å²) in [6, 6.07) is 11.5. The molecule has 4 rings (SSSR count). The maximum absolute atomic E-state index is 12.3. The Kier molecular flexibility index (Phi) is 4.86. The van der Waals surface area contributed by atoms with Gasteiger partial charge in [0.15, 0.2) is 0 Å². The summed E-state index contributed by atoms with van der Waals surface area (Å²) in [5.74, 6) is 1.24. The molecule has 7 heteroatoms. The molecule has 3 heterocycles. The minimum absolute atomic E-state index is 0.201. The van der Waals surface area contributed by atoms with Crippen LogP contribution in [0.25, 0.3) is 0 Å². The highest BCUT2D eigenvalue weighted by atomic mass is 32.2. The number of amidine groups is 1. The van der Waals surface area contributed by atoms with Gasteiger partial charge in [-0.25, -0.2) is 8.42 Å². The lowest BCUT2D eigenvalue weighted by Crippen LogP contribution is -2.37. The summed E-state index contributed by atoms with van der Waals surface area (Å²) in [7, 11) is -3.48. The van der Waals surface area contributed by atoms with Gasteiger partial charge in [0.1, 0.15) is 5.84 Å². The number of benzene rings is 1. The van der Waals surface area contributed by atoms with E-state index in [0.717, 1.165) is 19.0 Å². The number of hydrogen-bond donors (Lipinski definition) is 1. The summed E-state index contributed by atoms with van der Waals surface area (Å²) < 4.78 is 27.2. The molecule has 0 unspecified atom stereocenters. The zero-order valence-electron chi connectivity index (χ0n) is 14.8. The maximum atomic E-state index is 12.3. The van der Waals surface area contributed by atoms with Crippen LogP contribution in [0.1, 0.15) is 36.2 Å². The first-order valence-corrected chi connectivity index (χ1v) is 11.3. The Morgan fingerprint density at radius 2 is 2.00 bits per heavy atom. The van der Waals surface area contributed by atoms with E-state index in [2.05, 4.69) is 34.1 Å². The fourth-order valence-electron chi connectivity index (χ4n) is 3.64. The first-order valence-electron chi connectivity index (χ1n) is 8.99. The Bertz CT molecular complexity index is 899. The third-order valence-corrected chi connectivity index (χ3v) is 7.59. The lowest BCUT2D eigenvalue weighted by Gasteiger charge is -2.35. The van der Waals surface area contributed by atoms with E-state index < -0.39 is 10.0 Å². The molecule has 1 N–H and O–H groups in total. The van der Waals surface area contributed by atoms with Gasteiger partial charge in [-0.1, -0.05) is 25.1 Å². The van der Waals surface area contributed by atoms with Gasteiger partial charge in [-0.15, -0.1) is 11.3 Å². The number of likely N-dealkylation sites (tertiary alicyclic amines) is 1. The maximum Gasteiger partial charge on any atom is 0.263 e. The molecule has 1 aromatic heterocycles. The number of thiophene rings is 1. The predicted molar refractivity (Wildman–Crippen MR) is 105 cm³/mol. The standard InChI is InChI=1S/C19H23N3O2S2/c1-14-8-10-22(11-9-14)16(17-6-4-12-25-17)13-20-19-15-5-2-3-7-18(15)26(23,24)21-19/h2-7,12,14,16H,8-11,13H2,1H3,(H,20,21)/t16-/m0/s1. The minimum Gasteiger partial charge on any atom is -0.294 e. The minimum atomic E-state index is -3.48. The largest absolute Gasteiger partial charge is 0.294 e. The zero-order chi connectivity index (χ0) is 18.1. The summed E-state index contributed by atoms with van der Waals surface area (Å²) >= 11 is 1.74. The van der Waals surface area contributed by atoms with E-state index in [1.807, 2.05) is 12.1 Å². The van der Waals surface area contributed by atoms with E-state index in [1.54, 1.807) is 23.5 Å². The molecule has 0 amide bonds. The van der Waals surface area contributed by atoms with Gasteiger partial charge in [0.25, 0.3) is 10.0 Å². The van der Waals surface area contributed by atoms with Crippen molar-refractivity contribution in [1.82, 2.24) is 9.62 Å². The Balaban J connectivity index is 1.60. The zero-order valence-corrected chi connectivity index (χ0v) is 16.4. The monoisotopic (exact) mass is 389 g/mol. The van der Waals surface area contributed by atoms with E-state index in [9.17, 15) is 8.42 Å².